The van der Waals surface area contributed by atoms with E-state index in [1.807, 2.05) is 13.8 Å². The molecule has 7 nitrogen and oxygen atoms in total. The Morgan fingerprint density at radius 3 is 2.17 bits per heavy atom. The fourth-order valence-corrected chi connectivity index (χ4v) is 4.99. The molecule has 8 heteroatoms. The first kappa shape index (κ1) is 23.3. The first-order valence-corrected chi connectivity index (χ1v) is 11.7. The van der Waals surface area contributed by atoms with Gasteiger partial charge in [-0.25, -0.2) is 8.42 Å². The Morgan fingerprint density at radius 1 is 1.07 bits per heavy atom. The van der Waals surface area contributed by atoms with E-state index in [4.69, 9.17) is 0 Å². The number of carbonyl (C=O) groups is 2. The Morgan fingerprint density at radius 2 is 1.66 bits per heavy atom. The quantitative estimate of drug-likeness (QED) is 0.647. The van der Waals surface area contributed by atoms with Crippen molar-refractivity contribution in [3.05, 3.63) is 29.8 Å². The van der Waals surface area contributed by atoms with E-state index in [0.29, 0.717) is 25.9 Å². The van der Waals surface area contributed by atoms with Crippen molar-refractivity contribution in [2.24, 2.45) is 5.92 Å². The molecule has 0 aliphatic carbocycles. The number of nitrogens with zero attached hydrogens (tertiary/aromatic N) is 1. The van der Waals surface area contributed by atoms with Crippen LogP contribution in [0.4, 0.5) is 0 Å². The van der Waals surface area contributed by atoms with E-state index in [0.717, 1.165) is 31.2 Å². The summed E-state index contributed by atoms with van der Waals surface area (Å²) >= 11 is 0. The van der Waals surface area contributed by atoms with Crippen LogP contribution in [0.15, 0.2) is 29.2 Å². The van der Waals surface area contributed by atoms with Gasteiger partial charge in [-0.2, -0.15) is 4.31 Å². The average molecular weight is 424 g/mol. The van der Waals surface area contributed by atoms with E-state index in [-0.39, 0.29) is 23.1 Å². The maximum atomic E-state index is 12.8. The fourth-order valence-electron chi connectivity index (χ4n) is 3.47. The van der Waals surface area contributed by atoms with E-state index in [2.05, 4.69) is 5.32 Å². The van der Waals surface area contributed by atoms with E-state index in [1.54, 1.807) is 28.6 Å². The lowest BCUT2D eigenvalue weighted by molar-refractivity contribution is -0.308. The van der Waals surface area contributed by atoms with Crippen LogP contribution >= 0.6 is 0 Å². The lowest BCUT2D eigenvalue weighted by Crippen LogP contribution is -2.48. The minimum atomic E-state index is -3.49. The summed E-state index contributed by atoms with van der Waals surface area (Å²) in [5.74, 6) is -1.52. The van der Waals surface area contributed by atoms with Gasteiger partial charge in [0, 0.05) is 19.5 Å². The van der Waals surface area contributed by atoms with Crippen LogP contribution in [0.25, 0.3) is 0 Å². The van der Waals surface area contributed by atoms with E-state index < -0.39 is 22.0 Å². The second-order valence-corrected chi connectivity index (χ2v) is 9.97. The SMILES string of the molecule is CC(C)C[C@H](NC(=O)CCc1ccc(S(=O)(=O)N2CCCCCC2)cc1)C(=O)[O-]. The summed E-state index contributed by atoms with van der Waals surface area (Å²) in [5, 5.41) is 13.6. The molecular weight excluding hydrogens is 392 g/mol. The largest absolute Gasteiger partial charge is 0.548 e. The third kappa shape index (κ3) is 7.12. The lowest BCUT2D eigenvalue weighted by Gasteiger charge is -2.21. The number of aliphatic carboxylic acids is 1. The smallest absolute Gasteiger partial charge is 0.243 e. The first-order valence-electron chi connectivity index (χ1n) is 10.3. The summed E-state index contributed by atoms with van der Waals surface area (Å²) in [6.07, 6.45) is 4.73. The van der Waals surface area contributed by atoms with Gasteiger partial charge in [-0.15, -0.1) is 0 Å². The summed E-state index contributed by atoms with van der Waals surface area (Å²) in [6.45, 7) is 4.87. The summed E-state index contributed by atoms with van der Waals surface area (Å²) in [5.41, 5.74) is 0.823. The molecule has 0 spiro atoms. The zero-order valence-corrected chi connectivity index (χ0v) is 18.0. The van der Waals surface area contributed by atoms with Crippen LogP contribution in [0, 0.1) is 5.92 Å². The van der Waals surface area contributed by atoms with Gasteiger partial charge in [0.05, 0.1) is 16.9 Å². The lowest BCUT2D eigenvalue weighted by atomic mass is 10.0. The third-order valence-corrected chi connectivity index (χ3v) is 7.01. The fraction of sp³-hybridized carbons (Fsp3) is 0.619. The number of nitrogens with one attached hydrogen (secondary N) is 1. The minimum absolute atomic E-state index is 0.122. The van der Waals surface area contributed by atoms with E-state index in [9.17, 15) is 23.1 Å². The zero-order chi connectivity index (χ0) is 21.4. The standard InChI is InChI=1S/C21H32N2O5S/c1-16(2)15-19(21(25)26)22-20(24)12-9-17-7-10-18(11-8-17)29(27,28)23-13-5-3-4-6-14-23/h7-8,10-11,16,19H,3-6,9,12-15H2,1-2H3,(H,22,24)(H,25,26)/p-1/t19-/m0/s1. The summed E-state index contributed by atoms with van der Waals surface area (Å²) in [7, 11) is -3.49. The van der Waals surface area contributed by atoms with E-state index in [1.165, 1.54) is 0 Å². The number of aryl methyl sites for hydroxylation is 1. The van der Waals surface area contributed by atoms with Crippen LogP contribution in [0.5, 0.6) is 0 Å². The van der Waals surface area contributed by atoms with Crippen molar-refractivity contribution in [3.8, 4) is 0 Å². The number of carboxylic acids is 1. The number of sulfonamides is 1. The average Bonchev–Trinajstić information content (AvgIpc) is 2.96. The highest BCUT2D eigenvalue weighted by Crippen LogP contribution is 2.21. The number of hydrogen-bond donors (Lipinski definition) is 1. The normalized spacial score (nSPS) is 16.9. The number of amides is 1. The second-order valence-electron chi connectivity index (χ2n) is 8.03. The van der Waals surface area contributed by atoms with Crippen molar-refractivity contribution in [2.75, 3.05) is 13.1 Å². The Balaban J connectivity index is 1.93. The molecule has 1 fully saturated rings. The molecule has 1 atom stereocenters. The molecule has 29 heavy (non-hydrogen) atoms. The van der Waals surface area contributed by atoms with Crippen molar-refractivity contribution in [1.82, 2.24) is 9.62 Å². The zero-order valence-electron chi connectivity index (χ0n) is 17.2. The van der Waals surface area contributed by atoms with Gasteiger partial charge in [-0.05, 0) is 49.3 Å². The van der Waals surface area contributed by atoms with Crippen molar-refractivity contribution < 1.29 is 23.1 Å². The predicted octanol–water partition coefficient (Wildman–Crippen LogP) is 1.46. The Hall–Kier alpha value is -1.93. The molecule has 1 saturated heterocycles. The summed E-state index contributed by atoms with van der Waals surface area (Å²) in [6, 6.07) is 5.58. The molecule has 0 radical (unpaired) electrons. The van der Waals surface area contributed by atoms with E-state index >= 15 is 0 Å². The molecule has 0 bridgehead atoms. The number of hydrogen-bond acceptors (Lipinski definition) is 5. The highest BCUT2D eigenvalue weighted by molar-refractivity contribution is 7.89. The predicted molar refractivity (Wildman–Crippen MR) is 108 cm³/mol. The Labute approximate surface area is 173 Å². The molecular formula is C21H31N2O5S-. The molecule has 0 unspecified atom stereocenters. The van der Waals surface area contributed by atoms with Crippen molar-refractivity contribution in [2.45, 2.75) is 69.7 Å². The Kier molecular flexibility index (Phi) is 8.64. The highest BCUT2D eigenvalue weighted by atomic mass is 32.2. The molecule has 1 aliphatic heterocycles. The van der Waals surface area contributed by atoms with Gasteiger partial charge in [0.15, 0.2) is 0 Å². The second kappa shape index (κ2) is 10.7. The van der Waals surface area contributed by atoms with Crippen LogP contribution in [-0.4, -0.2) is 43.7 Å². The van der Waals surface area contributed by atoms with Crippen molar-refractivity contribution >= 4 is 21.9 Å². The topological polar surface area (TPSA) is 107 Å². The maximum absolute atomic E-state index is 12.8. The first-order chi connectivity index (χ1) is 13.7. The maximum Gasteiger partial charge on any atom is 0.243 e. The number of carboxylic acid groups (broad SMARTS) is 1. The van der Waals surface area contributed by atoms with Gasteiger partial charge in [-0.3, -0.25) is 4.79 Å². The molecule has 162 valence electrons. The molecule has 1 N–H and O–H groups in total. The molecule has 1 aliphatic rings. The number of carbonyl (C=O) groups excluding carboxylic acids is 2. The van der Waals surface area contributed by atoms with Gasteiger partial charge in [0.1, 0.15) is 0 Å². The molecule has 1 heterocycles. The number of benzene rings is 1. The van der Waals surface area contributed by atoms with Gasteiger partial charge >= 0.3 is 0 Å². The molecule has 1 aromatic rings. The summed E-state index contributed by atoms with van der Waals surface area (Å²) in [4.78, 5) is 23.5. The van der Waals surface area contributed by atoms with Crippen LogP contribution in [0.3, 0.4) is 0 Å². The summed E-state index contributed by atoms with van der Waals surface area (Å²) < 4.78 is 27.1. The van der Waals surface area contributed by atoms with Crippen LogP contribution in [0.1, 0.15) is 57.9 Å². The molecule has 0 saturated carbocycles. The third-order valence-electron chi connectivity index (χ3n) is 5.09. The van der Waals surface area contributed by atoms with Crippen molar-refractivity contribution in [3.63, 3.8) is 0 Å². The van der Waals surface area contributed by atoms with Crippen LogP contribution in [0.2, 0.25) is 0 Å². The molecule has 0 aromatic heterocycles. The molecule has 1 aromatic carbocycles. The molecule has 1 amide bonds. The minimum Gasteiger partial charge on any atom is -0.548 e. The Bertz CT molecular complexity index is 782. The van der Waals surface area contributed by atoms with Crippen molar-refractivity contribution in [1.29, 1.82) is 0 Å². The monoisotopic (exact) mass is 423 g/mol. The van der Waals surface area contributed by atoms with Gasteiger partial charge in [0.25, 0.3) is 0 Å². The number of rotatable bonds is 9. The highest BCUT2D eigenvalue weighted by Gasteiger charge is 2.25. The van der Waals surface area contributed by atoms with Gasteiger partial charge in [-0.1, -0.05) is 38.8 Å². The molecule has 2 rings (SSSR count). The van der Waals surface area contributed by atoms with Gasteiger partial charge in [0.2, 0.25) is 15.9 Å². The van der Waals surface area contributed by atoms with Crippen LogP contribution in [-0.2, 0) is 26.0 Å². The van der Waals surface area contributed by atoms with Crippen LogP contribution < -0.4 is 10.4 Å². The van der Waals surface area contributed by atoms with Gasteiger partial charge < -0.3 is 15.2 Å².